The van der Waals surface area contributed by atoms with Crippen LogP contribution in [0.5, 0.6) is 5.75 Å². The van der Waals surface area contributed by atoms with Crippen LogP contribution in [0.3, 0.4) is 0 Å². The fraction of sp³-hybridized carbons (Fsp3) is 0.130. The molecule has 0 aliphatic heterocycles. The Morgan fingerprint density at radius 2 is 1.81 bits per heavy atom. The first-order valence-corrected chi connectivity index (χ1v) is 9.76. The minimum Gasteiger partial charge on any atom is -0.422 e. The van der Waals surface area contributed by atoms with Gasteiger partial charge < -0.3 is 9.15 Å². The summed E-state index contributed by atoms with van der Waals surface area (Å²) in [5.41, 5.74) is 1.09. The zero-order valence-electron chi connectivity index (χ0n) is 16.9. The Balaban J connectivity index is 1.77. The fourth-order valence-electron chi connectivity index (χ4n) is 3.32. The van der Waals surface area contributed by atoms with E-state index >= 15 is 0 Å². The molecule has 2 aromatic heterocycles. The highest BCUT2D eigenvalue weighted by Gasteiger charge is 2.20. The van der Waals surface area contributed by atoms with Crippen molar-refractivity contribution in [3.8, 4) is 11.4 Å². The van der Waals surface area contributed by atoms with E-state index in [0.717, 1.165) is 10.9 Å². The summed E-state index contributed by atoms with van der Waals surface area (Å²) in [5, 5.41) is 5.33. The van der Waals surface area contributed by atoms with Crippen LogP contribution in [0.4, 0.5) is 0 Å². The molecule has 0 atom stereocenters. The normalized spacial score (nSPS) is 11.0. The lowest BCUT2D eigenvalue weighted by Gasteiger charge is -2.13. The van der Waals surface area contributed by atoms with E-state index in [1.807, 2.05) is 0 Å². The number of aromatic nitrogens is 2. The first-order chi connectivity index (χ1) is 14.8. The number of esters is 1. The molecule has 0 amide bonds. The topological polar surface area (TPSA) is 91.4 Å². The van der Waals surface area contributed by atoms with Crippen molar-refractivity contribution < 1.29 is 13.9 Å². The zero-order chi connectivity index (χ0) is 22.3. The summed E-state index contributed by atoms with van der Waals surface area (Å²) in [6, 6.07) is 12.9. The molecule has 2 heterocycles. The third-order valence-electron chi connectivity index (χ3n) is 4.90. The smallest absolute Gasteiger partial charge is 0.368 e. The van der Waals surface area contributed by atoms with Gasteiger partial charge in [-0.05, 0) is 50.6 Å². The van der Waals surface area contributed by atoms with E-state index in [9.17, 15) is 14.4 Å². The Morgan fingerprint density at radius 3 is 2.55 bits per heavy atom. The highest BCUT2D eigenvalue weighted by atomic mass is 35.5. The maximum Gasteiger partial charge on any atom is 0.368 e. The van der Waals surface area contributed by atoms with E-state index in [0.29, 0.717) is 27.6 Å². The van der Waals surface area contributed by atoms with Crippen molar-refractivity contribution in [2.45, 2.75) is 20.8 Å². The van der Waals surface area contributed by atoms with Crippen molar-refractivity contribution in [3.05, 3.63) is 96.7 Å². The lowest BCUT2D eigenvalue weighted by Crippen LogP contribution is -2.26. The molecule has 0 fully saturated rings. The molecule has 0 radical (unpaired) electrons. The number of carbonyl (C=O) groups is 1. The minimum atomic E-state index is -0.928. The Morgan fingerprint density at radius 1 is 1.06 bits per heavy atom. The average molecular weight is 437 g/mol. The largest absolute Gasteiger partial charge is 0.422 e. The molecular weight excluding hydrogens is 420 g/mol. The number of ether oxygens (including phenoxy) is 1. The average Bonchev–Trinajstić information content (AvgIpc) is 2.71. The van der Waals surface area contributed by atoms with Gasteiger partial charge in [0.2, 0.25) is 11.1 Å². The molecule has 0 aliphatic rings. The summed E-state index contributed by atoms with van der Waals surface area (Å²) in [4.78, 5) is 37.0. The molecule has 0 aliphatic carbocycles. The molecule has 0 saturated heterocycles. The van der Waals surface area contributed by atoms with Crippen LogP contribution in [0.15, 0.2) is 62.5 Å². The number of fused-ring (bicyclic) bond motifs is 1. The highest BCUT2D eigenvalue weighted by Crippen LogP contribution is 2.28. The van der Waals surface area contributed by atoms with Crippen LogP contribution in [0.1, 0.15) is 27.3 Å². The van der Waals surface area contributed by atoms with Crippen LogP contribution >= 0.6 is 11.6 Å². The van der Waals surface area contributed by atoms with E-state index < -0.39 is 22.7 Å². The van der Waals surface area contributed by atoms with Gasteiger partial charge in [-0.25, -0.2) is 14.3 Å². The van der Waals surface area contributed by atoms with Gasteiger partial charge in [0, 0.05) is 28.8 Å². The Labute approximate surface area is 181 Å². The fourth-order valence-corrected chi connectivity index (χ4v) is 3.53. The van der Waals surface area contributed by atoms with Gasteiger partial charge in [0.1, 0.15) is 11.3 Å². The van der Waals surface area contributed by atoms with Crippen LogP contribution in [0, 0.1) is 20.8 Å². The van der Waals surface area contributed by atoms with Gasteiger partial charge in [0.15, 0.2) is 0 Å². The molecule has 7 nitrogen and oxygen atoms in total. The first kappa shape index (κ1) is 20.6. The standard InChI is InChI=1S/C23H17ClN2O5/c1-12-10-20(28)31-22-14(3)19(9-8-15(12)22)30-23(29)21-18(27)11-13(2)26(25-21)17-7-5-4-6-16(17)24/h4-11H,1-3H3. The quantitative estimate of drug-likeness (QED) is 0.272. The monoisotopic (exact) mass is 436 g/mol. The number of benzene rings is 2. The van der Waals surface area contributed by atoms with E-state index in [-0.39, 0.29) is 5.75 Å². The number of halogens is 1. The van der Waals surface area contributed by atoms with Gasteiger partial charge in [-0.2, -0.15) is 5.10 Å². The number of nitrogens with zero attached hydrogens (tertiary/aromatic N) is 2. The molecule has 4 rings (SSSR count). The third-order valence-corrected chi connectivity index (χ3v) is 5.22. The van der Waals surface area contributed by atoms with Crippen molar-refractivity contribution in [1.82, 2.24) is 9.78 Å². The maximum atomic E-state index is 12.8. The van der Waals surface area contributed by atoms with Crippen LogP contribution in [-0.4, -0.2) is 15.7 Å². The van der Waals surface area contributed by atoms with E-state index in [4.69, 9.17) is 20.8 Å². The van der Waals surface area contributed by atoms with E-state index in [1.54, 1.807) is 57.2 Å². The molecule has 0 N–H and O–H groups in total. The molecule has 4 aromatic rings. The van der Waals surface area contributed by atoms with Gasteiger partial charge in [-0.1, -0.05) is 23.7 Å². The van der Waals surface area contributed by atoms with Crippen molar-refractivity contribution in [2.75, 3.05) is 0 Å². The molecule has 0 saturated carbocycles. The number of aryl methyl sites for hydroxylation is 3. The second kappa shape index (κ2) is 7.85. The molecule has 0 spiro atoms. The van der Waals surface area contributed by atoms with Gasteiger partial charge in [0.05, 0.1) is 10.7 Å². The lowest BCUT2D eigenvalue weighted by atomic mass is 10.1. The summed E-state index contributed by atoms with van der Waals surface area (Å²) < 4.78 is 12.2. The summed E-state index contributed by atoms with van der Waals surface area (Å²) in [5.74, 6) is -0.763. The molecule has 8 heteroatoms. The third kappa shape index (κ3) is 3.75. The van der Waals surface area contributed by atoms with Crippen LogP contribution in [0.25, 0.3) is 16.7 Å². The van der Waals surface area contributed by atoms with Crippen molar-refractivity contribution in [1.29, 1.82) is 0 Å². The Bertz CT molecular complexity index is 1470. The zero-order valence-corrected chi connectivity index (χ0v) is 17.7. The highest BCUT2D eigenvalue weighted by molar-refractivity contribution is 6.32. The predicted octanol–water partition coefficient (Wildman–Crippen LogP) is 4.14. The van der Waals surface area contributed by atoms with Gasteiger partial charge in [-0.3, -0.25) is 4.79 Å². The molecular formula is C23H17ClN2O5. The summed E-state index contributed by atoms with van der Waals surface area (Å²) in [7, 11) is 0. The molecule has 2 aromatic carbocycles. The van der Waals surface area contributed by atoms with Crippen molar-refractivity contribution >= 4 is 28.5 Å². The van der Waals surface area contributed by atoms with Crippen molar-refractivity contribution in [2.24, 2.45) is 0 Å². The summed E-state index contributed by atoms with van der Waals surface area (Å²) in [6.45, 7) is 5.14. The SMILES string of the molecule is Cc1cc(=O)oc2c(C)c(OC(=O)c3nn(-c4ccccc4Cl)c(C)cc3=O)ccc12. The molecule has 156 valence electrons. The van der Waals surface area contributed by atoms with Crippen LogP contribution in [0.2, 0.25) is 5.02 Å². The Hall–Kier alpha value is -3.71. The van der Waals surface area contributed by atoms with Gasteiger partial charge in [-0.15, -0.1) is 0 Å². The first-order valence-electron chi connectivity index (χ1n) is 9.38. The maximum absolute atomic E-state index is 12.8. The molecule has 0 unspecified atom stereocenters. The predicted molar refractivity (Wildman–Crippen MR) is 116 cm³/mol. The molecule has 0 bridgehead atoms. The number of carbonyl (C=O) groups excluding carboxylic acids is 1. The summed E-state index contributed by atoms with van der Waals surface area (Å²) >= 11 is 6.24. The van der Waals surface area contributed by atoms with Crippen LogP contribution in [-0.2, 0) is 0 Å². The minimum absolute atomic E-state index is 0.164. The van der Waals surface area contributed by atoms with Crippen LogP contribution < -0.4 is 15.8 Å². The second-order valence-electron chi connectivity index (χ2n) is 7.07. The second-order valence-corrected chi connectivity index (χ2v) is 7.47. The molecule has 31 heavy (non-hydrogen) atoms. The van der Waals surface area contributed by atoms with Crippen molar-refractivity contribution in [3.63, 3.8) is 0 Å². The lowest BCUT2D eigenvalue weighted by molar-refractivity contribution is 0.0724. The number of hydrogen-bond acceptors (Lipinski definition) is 6. The van der Waals surface area contributed by atoms with Gasteiger partial charge in [0.25, 0.3) is 0 Å². The number of hydrogen-bond donors (Lipinski definition) is 0. The summed E-state index contributed by atoms with van der Waals surface area (Å²) in [6.07, 6.45) is 0. The van der Waals surface area contributed by atoms with E-state index in [2.05, 4.69) is 5.10 Å². The van der Waals surface area contributed by atoms with Gasteiger partial charge >= 0.3 is 11.6 Å². The number of para-hydroxylation sites is 1. The van der Waals surface area contributed by atoms with E-state index in [1.165, 1.54) is 16.8 Å². The Kier molecular flexibility index (Phi) is 5.20. The number of rotatable bonds is 3.